The number of aliphatic hydroxyl groups is 1. The first-order valence-corrected chi connectivity index (χ1v) is 5.15. The molecule has 0 aromatic carbocycles. The Kier molecular flexibility index (Phi) is 3.21. The summed E-state index contributed by atoms with van der Waals surface area (Å²) in [4.78, 5) is 13.6. The Hall–Kier alpha value is -1.40. The lowest BCUT2D eigenvalue weighted by atomic mass is 10.2. The first-order valence-electron chi connectivity index (χ1n) is 5.15. The summed E-state index contributed by atoms with van der Waals surface area (Å²) in [6.07, 6.45) is 1.21. The van der Waals surface area contributed by atoms with Crippen molar-refractivity contribution in [1.29, 1.82) is 0 Å². The highest BCUT2D eigenvalue weighted by molar-refractivity contribution is 5.92. The maximum atomic E-state index is 12.0. The summed E-state index contributed by atoms with van der Waals surface area (Å²) in [5, 5.41) is 12.6. The molecule has 2 rings (SSSR count). The number of amides is 1. The van der Waals surface area contributed by atoms with Crippen molar-refractivity contribution < 1.29 is 19.2 Å². The number of aromatic nitrogens is 1. The molecular weight excluding hydrogens is 212 g/mol. The minimum Gasteiger partial charge on any atom is -0.394 e. The number of carbonyl (C=O) groups is 1. The Morgan fingerprint density at radius 2 is 2.56 bits per heavy atom. The molecule has 1 amide bonds. The van der Waals surface area contributed by atoms with Crippen LogP contribution in [0.3, 0.4) is 0 Å². The molecule has 0 saturated carbocycles. The molecule has 6 nitrogen and oxygen atoms in total. The predicted octanol–water partition coefficient (Wildman–Crippen LogP) is -0.184. The van der Waals surface area contributed by atoms with E-state index in [0.29, 0.717) is 19.7 Å². The van der Waals surface area contributed by atoms with Gasteiger partial charge in [0.2, 0.25) is 5.76 Å². The van der Waals surface area contributed by atoms with Gasteiger partial charge in [-0.2, -0.15) is 0 Å². The first-order chi connectivity index (χ1) is 7.72. The molecular formula is C10H14N2O4. The van der Waals surface area contributed by atoms with Gasteiger partial charge in [0.1, 0.15) is 0 Å². The second-order valence-corrected chi connectivity index (χ2v) is 3.76. The van der Waals surface area contributed by atoms with Gasteiger partial charge in [-0.15, -0.1) is 0 Å². The van der Waals surface area contributed by atoms with Crippen LogP contribution in [0.15, 0.2) is 10.7 Å². The average Bonchev–Trinajstić information content (AvgIpc) is 2.74. The zero-order valence-corrected chi connectivity index (χ0v) is 9.05. The summed E-state index contributed by atoms with van der Waals surface area (Å²) in [6, 6.07) is 0. The van der Waals surface area contributed by atoms with Gasteiger partial charge in [-0.3, -0.25) is 4.79 Å². The number of carbonyl (C=O) groups excluding carboxylic acids is 1. The number of aliphatic hydroxyl groups excluding tert-OH is 1. The molecule has 1 aliphatic heterocycles. The van der Waals surface area contributed by atoms with Crippen LogP contribution in [-0.4, -0.2) is 53.5 Å². The number of nitrogens with zero attached hydrogens (tertiary/aromatic N) is 2. The van der Waals surface area contributed by atoms with E-state index in [9.17, 15) is 4.79 Å². The fraction of sp³-hybridized carbons (Fsp3) is 0.600. The third kappa shape index (κ3) is 2.07. The molecule has 16 heavy (non-hydrogen) atoms. The molecule has 1 aliphatic rings. The smallest absolute Gasteiger partial charge is 0.292 e. The Balaban J connectivity index is 2.07. The van der Waals surface area contributed by atoms with Crippen molar-refractivity contribution in [3.8, 4) is 0 Å². The van der Waals surface area contributed by atoms with Crippen LogP contribution >= 0.6 is 0 Å². The normalized spacial score (nSPS) is 21.1. The van der Waals surface area contributed by atoms with Gasteiger partial charge in [0.15, 0.2) is 0 Å². The fourth-order valence-electron chi connectivity index (χ4n) is 1.65. The minimum atomic E-state index is -0.305. The first kappa shape index (κ1) is 11.1. The lowest BCUT2D eigenvalue weighted by Crippen LogP contribution is -2.46. The van der Waals surface area contributed by atoms with Gasteiger partial charge in [0.05, 0.1) is 25.5 Å². The summed E-state index contributed by atoms with van der Waals surface area (Å²) in [6.45, 7) is 3.02. The standard InChI is InChI=1S/C10H14N2O4/c1-7-4-11-16-9(7)10(14)12-2-3-15-8(5-12)6-13/h4,8,13H,2-3,5-6H2,1H3. The van der Waals surface area contributed by atoms with E-state index in [4.69, 9.17) is 14.4 Å². The van der Waals surface area contributed by atoms with Crippen molar-refractivity contribution in [3.05, 3.63) is 17.5 Å². The van der Waals surface area contributed by atoms with Gasteiger partial charge in [0.25, 0.3) is 5.91 Å². The van der Waals surface area contributed by atoms with E-state index in [1.165, 1.54) is 6.20 Å². The third-order valence-corrected chi connectivity index (χ3v) is 2.57. The second-order valence-electron chi connectivity index (χ2n) is 3.76. The molecule has 1 N–H and O–H groups in total. The van der Waals surface area contributed by atoms with Gasteiger partial charge in [-0.25, -0.2) is 0 Å². The zero-order valence-electron chi connectivity index (χ0n) is 9.05. The molecule has 1 aromatic heterocycles. The number of hydrogen-bond acceptors (Lipinski definition) is 5. The van der Waals surface area contributed by atoms with Crippen LogP contribution in [0.5, 0.6) is 0 Å². The Labute approximate surface area is 92.8 Å². The van der Waals surface area contributed by atoms with Crippen molar-refractivity contribution in [2.45, 2.75) is 13.0 Å². The van der Waals surface area contributed by atoms with Gasteiger partial charge >= 0.3 is 0 Å². The number of hydrogen-bond donors (Lipinski definition) is 1. The van der Waals surface area contributed by atoms with Crippen LogP contribution in [0.2, 0.25) is 0 Å². The largest absolute Gasteiger partial charge is 0.394 e. The van der Waals surface area contributed by atoms with Crippen molar-refractivity contribution >= 4 is 5.91 Å². The lowest BCUT2D eigenvalue weighted by Gasteiger charge is -2.31. The Morgan fingerprint density at radius 3 is 3.19 bits per heavy atom. The van der Waals surface area contributed by atoms with E-state index in [1.54, 1.807) is 11.8 Å². The number of rotatable bonds is 2. The molecule has 6 heteroatoms. The summed E-state index contributed by atoms with van der Waals surface area (Å²) >= 11 is 0. The highest BCUT2D eigenvalue weighted by Crippen LogP contribution is 2.13. The van der Waals surface area contributed by atoms with E-state index in [2.05, 4.69) is 5.16 Å². The van der Waals surface area contributed by atoms with Gasteiger partial charge in [0, 0.05) is 18.7 Å². The zero-order chi connectivity index (χ0) is 11.5. The highest BCUT2D eigenvalue weighted by Gasteiger charge is 2.27. The molecule has 0 bridgehead atoms. The second kappa shape index (κ2) is 4.63. The van der Waals surface area contributed by atoms with Crippen LogP contribution in [0.1, 0.15) is 16.1 Å². The Bertz CT molecular complexity index is 377. The predicted molar refractivity (Wildman–Crippen MR) is 54.0 cm³/mol. The van der Waals surface area contributed by atoms with Crippen molar-refractivity contribution in [2.75, 3.05) is 26.3 Å². The topological polar surface area (TPSA) is 75.8 Å². The molecule has 0 radical (unpaired) electrons. The van der Waals surface area contributed by atoms with E-state index in [-0.39, 0.29) is 24.4 Å². The van der Waals surface area contributed by atoms with Crippen molar-refractivity contribution in [1.82, 2.24) is 10.1 Å². The van der Waals surface area contributed by atoms with E-state index in [0.717, 1.165) is 5.56 Å². The fourth-order valence-corrected chi connectivity index (χ4v) is 1.65. The maximum absolute atomic E-state index is 12.0. The molecule has 2 heterocycles. The summed E-state index contributed by atoms with van der Waals surface area (Å²) < 4.78 is 10.2. The van der Waals surface area contributed by atoms with Crippen LogP contribution in [0.4, 0.5) is 0 Å². The molecule has 1 saturated heterocycles. The van der Waals surface area contributed by atoms with E-state index < -0.39 is 0 Å². The van der Waals surface area contributed by atoms with E-state index in [1.807, 2.05) is 0 Å². The van der Waals surface area contributed by atoms with Crippen LogP contribution in [0, 0.1) is 6.92 Å². The molecule has 1 aromatic rings. The minimum absolute atomic E-state index is 0.0842. The number of aryl methyl sites for hydroxylation is 1. The molecule has 1 fully saturated rings. The summed E-state index contributed by atoms with van der Waals surface area (Å²) in [5.74, 6) is 0.0651. The third-order valence-electron chi connectivity index (χ3n) is 2.57. The lowest BCUT2D eigenvalue weighted by molar-refractivity contribution is -0.0455. The van der Waals surface area contributed by atoms with Crippen molar-refractivity contribution in [3.63, 3.8) is 0 Å². The quantitative estimate of drug-likeness (QED) is 0.756. The SMILES string of the molecule is Cc1cnoc1C(=O)N1CCOC(CO)C1. The maximum Gasteiger partial charge on any atom is 0.292 e. The van der Waals surface area contributed by atoms with Gasteiger partial charge in [-0.05, 0) is 6.92 Å². The highest BCUT2D eigenvalue weighted by atomic mass is 16.5. The van der Waals surface area contributed by atoms with Gasteiger partial charge < -0.3 is 19.3 Å². The van der Waals surface area contributed by atoms with Crippen molar-refractivity contribution in [2.24, 2.45) is 0 Å². The van der Waals surface area contributed by atoms with Crippen LogP contribution < -0.4 is 0 Å². The summed E-state index contributed by atoms with van der Waals surface area (Å²) in [7, 11) is 0. The summed E-state index contributed by atoms with van der Waals surface area (Å²) in [5.41, 5.74) is 0.719. The molecule has 0 aliphatic carbocycles. The Morgan fingerprint density at radius 1 is 1.75 bits per heavy atom. The monoisotopic (exact) mass is 226 g/mol. The van der Waals surface area contributed by atoms with Gasteiger partial charge in [-0.1, -0.05) is 5.16 Å². The van der Waals surface area contributed by atoms with Crippen LogP contribution in [-0.2, 0) is 4.74 Å². The molecule has 1 atom stereocenters. The molecule has 88 valence electrons. The number of morpholine rings is 1. The molecule has 1 unspecified atom stereocenters. The molecule has 0 spiro atoms. The average molecular weight is 226 g/mol. The van der Waals surface area contributed by atoms with Crippen LogP contribution in [0.25, 0.3) is 0 Å². The van der Waals surface area contributed by atoms with E-state index >= 15 is 0 Å². The number of ether oxygens (including phenoxy) is 1.